The number of hydrogen-bond acceptors (Lipinski definition) is 17. The van der Waals surface area contributed by atoms with Gasteiger partial charge in [-0.3, -0.25) is 47.9 Å². The molecule has 562 valence electrons. The maximum atomic E-state index is 15.4. The van der Waals surface area contributed by atoms with Crippen molar-refractivity contribution in [1.29, 1.82) is 0 Å². The van der Waals surface area contributed by atoms with Crippen LogP contribution in [0.2, 0.25) is 0 Å². The fourth-order valence-corrected chi connectivity index (χ4v) is 12.5. The number of phenols is 1. The van der Waals surface area contributed by atoms with Gasteiger partial charge >= 0.3 is 12.2 Å². The maximum Gasteiger partial charge on any atom is 0.408 e. The largest absolute Gasteiger partial charge is 0.508 e. The number of carbonyl (C=O) groups is 12. The van der Waals surface area contributed by atoms with Gasteiger partial charge in [0.25, 0.3) is 0 Å². The van der Waals surface area contributed by atoms with E-state index in [1.807, 2.05) is 24.3 Å². The van der Waals surface area contributed by atoms with Crippen LogP contribution >= 0.6 is 23.5 Å². The van der Waals surface area contributed by atoms with Gasteiger partial charge in [0.15, 0.2) is 0 Å². The summed E-state index contributed by atoms with van der Waals surface area (Å²) in [5, 5.41) is 41.7. The van der Waals surface area contributed by atoms with E-state index < -0.39 is 125 Å². The van der Waals surface area contributed by atoms with Crippen LogP contribution in [0.25, 0.3) is 21.8 Å². The van der Waals surface area contributed by atoms with Crippen molar-refractivity contribution >= 4 is 117 Å². The molecule has 29 nitrogen and oxygen atoms in total. The monoisotopic (exact) mass is 1470 g/mol. The number of H-pyrrole nitrogens is 2. The van der Waals surface area contributed by atoms with E-state index in [0.717, 1.165) is 34.4 Å². The van der Waals surface area contributed by atoms with E-state index in [2.05, 4.69) is 68.5 Å². The van der Waals surface area contributed by atoms with Crippen molar-refractivity contribution in [3.8, 4) is 5.75 Å². The molecule has 0 bridgehead atoms. The molecule has 2 heterocycles. The van der Waals surface area contributed by atoms with Crippen molar-refractivity contribution in [3.63, 3.8) is 0 Å². The quantitative estimate of drug-likeness (QED) is 0.0189. The number of phenolic OH excluding ortho intramolecular Hbond substituents is 1. The van der Waals surface area contributed by atoms with Crippen LogP contribution in [0.15, 0.2) is 116 Å². The Kier molecular flexibility index (Phi) is 31.7. The summed E-state index contributed by atoms with van der Waals surface area (Å²) in [5.41, 5.74) is 7.88. The molecule has 2 aromatic heterocycles. The molecule has 104 heavy (non-hydrogen) atoms. The zero-order chi connectivity index (χ0) is 76.3. The summed E-state index contributed by atoms with van der Waals surface area (Å²) in [5.74, 6) is -8.67. The molecule has 8 atom stereocenters. The summed E-state index contributed by atoms with van der Waals surface area (Å²) >= 11 is 2.15. The number of aromatic amines is 2. The Hall–Kier alpha value is -10.3. The number of aromatic nitrogens is 2. The van der Waals surface area contributed by atoms with Gasteiger partial charge in [-0.2, -0.15) is 0 Å². The van der Waals surface area contributed by atoms with Crippen molar-refractivity contribution in [3.05, 3.63) is 138 Å². The minimum absolute atomic E-state index is 0.00263. The first-order valence-electron chi connectivity index (χ1n) is 34.2. The van der Waals surface area contributed by atoms with E-state index >= 15 is 14.4 Å². The number of hydrogen-bond donors (Lipinski definition) is 15. The predicted octanol–water partition coefficient (Wildman–Crippen LogP) is 4.40. The van der Waals surface area contributed by atoms with Gasteiger partial charge in [-0.05, 0) is 113 Å². The van der Waals surface area contributed by atoms with E-state index in [1.54, 1.807) is 122 Å². The van der Waals surface area contributed by atoms with Crippen LogP contribution in [0, 0.1) is 5.92 Å². The third-order valence-corrected chi connectivity index (χ3v) is 17.8. The average molecular weight is 1480 g/mol. The second-order valence-electron chi connectivity index (χ2n) is 27.3. The fourth-order valence-electron chi connectivity index (χ4n) is 10.7. The third-order valence-electron chi connectivity index (χ3n) is 15.9. The Morgan fingerprint density at radius 3 is 1.35 bits per heavy atom. The van der Waals surface area contributed by atoms with Gasteiger partial charge in [-0.1, -0.05) is 92.7 Å². The minimum atomic E-state index is -1.55. The molecule has 6 aromatic rings. The summed E-state index contributed by atoms with van der Waals surface area (Å²) in [6, 6.07) is 17.7. The molecule has 0 saturated carbocycles. The van der Waals surface area contributed by atoms with Crippen molar-refractivity contribution in [2.24, 2.45) is 11.7 Å². The fraction of sp³-hybridized carbons (Fsp3) is 0.452. The molecule has 16 N–H and O–H groups in total. The highest BCUT2D eigenvalue weighted by Gasteiger charge is 2.37. The van der Waals surface area contributed by atoms with Gasteiger partial charge in [0.05, 0.1) is 11.8 Å². The van der Waals surface area contributed by atoms with Gasteiger partial charge < -0.3 is 88.8 Å². The second kappa shape index (κ2) is 39.9. The number of para-hydroxylation sites is 2. The SMILES string of the molecule is CC(=O)NCSC[C@H](NC(=O)[C@@H](NC(=O)[C@H](CCCCNC(=O)OC(C)(C)C)NC(=O)[C@@H](Cc1c[nH]c2ccccc12)NC(=O)[C@H](Cc1ccc(O)cc1)NC(=O)[C@H](CSCNC(C)=O)NC(=O)[C@@H](Cc1ccccc1)NC(=O)OC(C)(C)C)C(C)C)C(=O)N[C@@H](Cc1c[nH]c2ccccc12)C(N)=O. The van der Waals surface area contributed by atoms with Crippen molar-refractivity contribution in [1.82, 2.24) is 68.5 Å². The molecule has 0 aliphatic rings. The van der Waals surface area contributed by atoms with Crippen LogP contribution < -0.4 is 64.2 Å². The number of nitrogens with two attached hydrogens (primary N) is 1. The molecule has 6 rings (SSSR count). The van der Waals surface area contributed by atoms with Crippen LogP contribution in [0.4, 0.5) is 9.59 Å². The van der Waals surface area contributed by atoms with Crippen molar-refractivity contribution < 1.29 is 72.1 Å². The van der Waals surface area contributed by atoms with E-state index in [1.165, 1.54) is 38.1 Å². The van der Waals surface area contributed by atoms with Crippen molar-refractivity contribution in [2.75, 3.05) is 29.8 Å². The standard InChI is InChI=1S/C73H98N14O15S2/c1-42(2)61(69(98)85-60(39-104-41-79-44(4)89)67(96)81-55(62(74)91)34-47-36-76-52-24-16-14-22-50(47)52)87-63(92)54(26-18-19-31-75-70(99)101-72(5,6)7)80-66(95)58(35-48-37-77-53-25-17-15-23-51(48)53)83-64(93)56(33-46-27-29-49(90)30-28-46)82-68(97)59(38-103-40-78-43(3)88)84-65(94)57(32-45-20-12-11-13-21-45)86-71(100)102-73(8,9)10/h11-17,20-25,27-30,36-37,42,54-61,76-77,90H,18-19,26,31-35,38-41H2,1-10H3,(H2,74,91)(H,75,99)(H,78,88)(H,79,89)(H,80,95)(H,81,96)(H,82,97)(H,83,93)(H,84,94)(H,85,98)(H,86,100)(H,87,92)/t54-,55-,56-,57+,58+,59-,60-,61-/m0/s1. The van der Waals surface area contributed by atoms with E-state index in [0.29, 0.717) is 33.2 Å². The molecule has 0 unspecified atom stereocenters. The smallest absolute Gasteiger partial charge is 0.408 e. The molecule has 0 fully saturated rings. The van der Waals surface area contributed by atoms with Gasteiger partial charge in [0, 0.05) is 91.8 Å². The summed E-state index contributed by atoms with van der Waals surface area (Å²) < 4.78 is 10.9. The lowest BCUT2D eigenvalue weighted by Crippen LogP contribution is -2.61. The number of carbonyl (C=O) groups excluding carboxylic acids is 12. The molecule has 0 aliphatic carbocycles. The molecular formula is C73H98N14O15S2. The first-order chi connectivity index (χ1) is 49.2. The summed E-state index contributed by atoms with van der Waals surface area (Å²) in [6.07, 6.45) is 1.52. The first kappa shape index (κ1) is 82.7. The number of alkyl carbamates (subject to hydrolysis) is 2. The Balaban J connectivity index is 1.33. The molecule has 0 spiro atoms. The number of fused-ring (bicyclic) bond motifs is 2. The molecule has 0 radical (unpaired) electrons. The number of ether oxygens (including phenoxy) is 2. The lowest BCUT2D eigenvalue weighted by atomic mass is 10.00. The van der Waals surface area contributed by atoms with Crippen LogP contribution in [-0.2, 0) is 83.1 Å². The molecule has 4 aromatic carbocycles. The van der Waals surface area contributed by atoms with E-state index in [4.69, 9.17) is 15.2 Å². The number of primary amides is 1. The Morgan fingerprint density at radius 2 is 0.856 bits per heavy atom. The lowest BCUT2D eigenvalue weighted by Gasteiger charge is -2.29. The third kappa shape index (κ3) is 28.2. The van der Waals surface area contributed by atoms with Crippen LogP contribution in [-0.4, -0.2) is 176 Å². The number of amides is 12. The number of unbranched alkanes of at least 4 members (excludes halogenated alkanes) is 1. The van der Waals surface area contributed by atoms with Gasteiger partial charge in [-0.15, -0.1) is 23.5 Å². The number of aromatic hydroxyl groups is 1. The molecule has 12 amide bonds. The Labute approximate surface area is 612 Å². The van der Waals surface area contributed by atoms with Crippen LogP contribution in [0.3, 0.4) is 0 Å². The number of nitrogens with one attached hydrogen (secondary N) is 13. The molecule has 31 heteroatoms. The highest BCUT2D eigenvalue weighted by molar-refractivity contribution is 7.99. The second-order valence-corrected chi connectivity index (χ2v) is 29.4. The summed E-state index contributed by atoms with van der Waals surface area (Å²) in [6.45, 7) is 16.0. The van der Waals surface area contributed by atoms with Gasteiger partial charge in [0.1, 0.15) is 65.3 Å². The Morgan fingerprint density at radius 1 is 0.452 bits per heavy atom. The maximum absolute atomic E-state index is 15.4. The lowest BCUT2D eigenvalue weighted by molar-refractivity contribution is -0.136. The van der Waals surface area contributed by atoms with E-state index in [-0.39, 0.29) is 92.3 Å². The number of thioether (sulfide) groups is 2. The zero-order valence-electron chi connectivity index (χ0n) is 60.2. The summed E-state index contributed by atoms with van der Waals surface area (Å²) in [7, 11) is 0. The normalized spacial score (nSPS) is 13.8. The molecule has 0 aliphatic heterocycles. The average Bonchev–Trinajstić information content (AvgIpc) is 1.52. The zero-order valence-corrected chi connectivity index (χ0v) is 61.8. The first-order valence-corrected chi connectivity index (χ1v) is 36.5. The van der Waals surface area contributed by atoms with Crippen LogP contribution in [0.1, 0.15) is 111 Å². The number of benzene rings is 4. The number of rotatable bonds is 38. The van der Waals surface area contributed by atoms with Gasteiger partial charge in [-0.25, -0.2) is 9.59 Å². The van der Waals surface area contributed by atoms with Crippen LogP contribution in [0.5, 0.6) is 5.75 Å². The minimum Gasteiger partial charge on any atom is -0.508 e. The molecular weight excluding hydrogens is 1380 g/mol. The summed E-state index contributed by atoms with van der Waals surface area (Å²) in [4.78, 5) is 173. The highest BCUT2D eigenvalue weighted by atomic mass is 32.2. The highest BCUT2D eigenvalue weighted by Crippen LogP contribution is 2.23. The Bertz CT molecular complexity index is 3930. The van der Waals surface area contributed by atoms with E-state index in [9.17, 15) is 48.3 Å². The molecule has 0 saturated heterocycles. The topological polar surface area (TPSA) is 433 Å². The van der Waals surface area contributed by atoms with Crippen molar-refractivity contribution in [2.45, 2.75) is 174 Å². The predicted molar refractivity (Wildman–Crippen MR) is 397 cm³/mol. The van der Waals surface area contributed by atoms with Gasteiger partial charge in [0.2, 0.25) is 59.1 Å².